The van der Waals surface area contributed by atoms with Gasteiger partial charge >= 0.3 is 6.03 Å². The minimum atomic E-state index is -0.101. The Morgan fingerprint density at radius 1 is 1.30 bits per heavy atom. The molecule has 0 unspecified atom stereocenters. The summed E-state index contributed by atoms with van der Waals surface area (Å²) in [5, 5.41) is 6.74. The molecule has 1 fully saturated rings. The van der Waals surface area contributed by atoms with E-state index < -0.39 is 0 Å². The number of piperazine rings is 1. The Labute approximate surface area is 139 Å². The van der Waals surface area contributed by atoms with Crippen LogP contribution >= 0.6 is 11.3 Å². The molecule has 0 aliphatic carbocycles. The van der Waals surface area contributed by atoms with Crippen molar-refractivity contribution in [1.29, 1.82) is 0 Å². The van der Waals surface area contributed by atoms with Gasteiger partial charge in [-0.05, 0) is 12.0 Å². The summed E-state index contributed by atoms with van der Waals surface area (Å²) in [4.78, 5) is 28.3. The minimum Gasteiger partial charge on any atom is -0.322 e. The molecule has 122 valence electrons. The van der Waals surface area contributed by atoms with Crippen LogP contribution in [0.25, 0.3) is 11.5 Å². The molecular weight excluding hydrogens is 312 g/mol. The van der Waals surface area contributed by atoms with Gasteiger partial charge in [-0.1, -0.05) is 13.8 Å². The number of nitrogens with zero attached hydrogens (tertiary/aromatic N) is 4. The molecule has 1 saturated heterocycles. The molecule has 8 heteroatoms. The van der Waals surface area contributed by atoms with Crippen molar-refractivity contribution in [1.82, 2.24) is 25.2 Å². The van der Waals surface area contributed by atoms with Crippen LogP contribution in [-0.4, -0.2) is 52.1 Å². The third kappa shape index (κ3) is 3.65. The van der Waals surface area contributed by atoms with Crippen molar-refractivity contribution in [3.8, 4) is 11.5 Å². The van der Waals surface area contributed by atoms with E-state index in [-0.39, 0.29) is 11.9 Å². The number of rotatable bonds is 3. The van der Waals surface area contributed by atoms with Crippen molar-refractivity contribution < 1.29 is 4.79 Å². The maximum absolute atomic E-state index is 12.3. The predicted molar refractivity (Wildman–Crippen MR) is 90.7 cm³/mol. The second-order valence-electron chi connectivity index (χ2n) is 5.63. The van der Waals surface area contributed by atoms with E-state index in [4.69, 9.17) is 0 Å². The minimum absolute atomic E-state index is 0.101. The molecule has 3 heterocycles. The topological polar surface area (TPSA) is 83.0 Å². The van der Waals surface area contributed by atoms with E-state index in [1.807, 2.05) is 0 Å². The van der Waals surface area contributed by atoms with Crippen LogP contribution in [0.2, 0.25) is 0 Å². The first-order chi connectivity index (χ1) is 11.1. The summed E-state index contributed by atoms with van der Waals surface area (Å²) in [6.07, 6.45) is 3.40. The number of hydrogen-bond donors (Lipinski definition) is 2. The molecule has 2 aromatic heterocycles. The van der Waals surface area contributed by atoms with Gasteiger partial charge in [0.2, 0.25) is 0 Å². The molecule has 2 amide bonds. The van der Waals surface area contributed by atoms with E-state index in [1.54, 1.807) is 23.4 Å². The fourth-order valence-corrected chi connectivity index (χ4v) is 3.35. The van der Waals surface area contributed by atoms with E-state index in [9.17, 15) is 4.79 Å². The van der Waals surface area contributed by atoms with E-state index in [0.29, 0.717) is 24.0 Å². The van der Waals surface area contributed by atoms with Gasteiger partial charge in [-0.25, -0.2) is 19.7 Å². The Morgan fingerprint density at radius 2 is 2.00 bits per heavy atom. The molecule has 0 atom stereocenters. The first-order valence-corrected chi connectivity index (χ1v) is 8.51. The highest BCUT2D eigenvalue weighted by molar-refractivity contribution is 7.16. The molecule has 0 aromatic carbocycles. The van der Waals surface area contributed by atoms with E-state index in [1.165, 1.54) is 11.3 Å². The molecule has 0 radical (unpaired) electrons. The van der Waals surface area contributed by atoms with Gasteiger partial charge in [0, 0.05) is 43.4 Å². The highest BCUT2D eigenvalue weighted by atomic mass is 32.1. The van der Waals surface area contributed by atoms with E-state index in [2.05, 4.69) is 39.4 Å². The van der Waals surface area contributed by atoms with Crippen molar-refractivity contribution in [2.24, 2.45) is 0 Å². The zero-order valence-corrected chi connectivity index (χ0v) is 14.1. The van der Waals surface area contributed by atoms with Crippen LogP contribution in [0.1, 0.15) is 24.6 Å². The molecule has 2 aromatic rings. The predicted octanol–water partition coefficient (Wildman–Crippen LogP) is 2.16. The second-order valence-corrected chi connectivity index (χ2v) is 6.66. The molecular formula is C15H20N6OS. The van der Waals surface area contributed by atoms with Crippen LogP contribution in [0.5, 0.6) is 0 Å². The maximum Gasteiger partial charge on any atom is 0.323 e. The largest absolute Gasteiger partial charge is 0.323 e. The van der Waals surface area contributed by atoms with Gasteiger partial charge in [-0.3, -0.25) is 5.32 Å². The Kier molecular flexibility index (Phi) is 4.82. The number of aromatic nitrogens is 3. The van der Waals surface area contributed by atoms with Crippen molar-refractivity contribution in [3.05, 3.63) is 23.3 Å². The quantitative estimate of drug-likeness (QED) is 0.900. The number of anilines is 1. The average molecular weight is 332 g/mol. The van der Waals surface area contributed by atoms with Gasteiger partial charge in [-0.2, -0.15) is 0 Å². The summed E-state index contributed by atoms with van der Waals surface area (Å²) in [7, 11) is 0. The Bertz CT molecular complexity index is 666. The molecule has 0 bridgehead atoms. The van der Waals surface area contributed by atoms with Crippen molar-refractivity contribution in [2.75, 3.05) is 31.5 Å². The summed E-state index contributed by atoms with van der Waals surface area (Å²) in [6, 6.07) is 1.67. The Morgan fingerprint density at radius 3 is 2.65 bits per heavy atom. The summed E-state index contributed by atoms with van der Waals surface area (Å²) in [6.45, 7) is 7.27. The summed E-state index contributed by atoms with van der Waals surface area (Å²) in [5.74, 6) is 0.881. The Balaban J connectivity index is 1.82. The van der Waals surface area contributed by atoms with Gasteiger partial charge < -0.3 is 10.2 Å². The van der Waals surface area contributed by atoms with Crippen LogP contribution in [0.15, 0.2) is 18.5 Å². The van der Waals surface area contributed by atoms with Crippen LogP contribution < -0.4 is 10.6 Å². The fourth-order valence-electron chi connectivity index (χ4n) is 2.40. The van der Waals surface area contributed by atoms with Gasteiger partial charge in [0.15, 0.2) is 11.0 Å². The number of hydrogen-bond acceptors (Lipinski definition) is 6. The second kappa shape index (κ2) is 7.01. The molecule has 1 aliphatic heterocycles. The van der Waals surface area contributed by atoms with E-state index in [0.717, 1.165) is 23.7 Å². The van der Waals surface area contributed by atoms with Crippen molar-refractivity contribution >= 4 is 22.5 Å². The molecule has 2 N–H and O–H groups in total. The van der Waals surface area contributed by atoms with Gasteiger partial charge in [0.25, 0.3) is 0 Å². The molecule has 7 nitrogen and oxygen atoms in total. The van der Waals surface area contributed by atoms with Crippen LogP contribution in [0.4, 0.5) is 9.93 Å². The SMILES string of the molecule is CC(C)c1sc(NC(=O)N2CCNCC2)nc1-c1ncccn1. The third-order valence-corrected chi connectivity index (χ3v) is 4.84. The highest BCUT2D eigenvalue weighted by Crippen LogP contribution is 2.34. The lowest BCUT2D eigenvalue weighted by molar-refractivity contribution is 0.204. The number of urea groups is 1. The molecule has 23 heavy (non-hydrogen) atoms. The number of thiazole rings is 1. The van der Waals surface area contributed by atoms with Crippen molar-refractivity contribution in [3.63, 3.8) is 0 Å². The van der Waals surface area contributed by atoms with Gasteiger partial charge in [0.1, 0.15) is 5.69 Å². The lowest BCUT2D eigenvalue weighted by Gasteiger charge is -2.26. The Hall–Kier alpha value is -2.06. The average Bonchev–Trinajstić information content (AvgIpc) is 3.00. The van der Waals surface area contributed by atoms with Gasteiger partial charge in [-0.15, -0.1) is 11.3 Å². The zero-order chi connectivity index (χ0) is 16.2. The maximum atomic E-state index is 12.3. The highest BCUT2D eigenvalue weighted by Gasteiger charge is 2.21. The van der Waals surface area contributed by atoms with Gasteiger partial charge in [0.05, 0.1) is 0 Å². The molecule has 3 rings (SSSR count). The number of amides is 2. The number of carbonyl (C=O) groups excluding carboxylic acids is 1. The van der Waals surface area contributed by atoms with E-state index >= 15 is 0 Å². The van der Waals surface area contributed by atoms with Crippen LogP contribution in [0.3, 0.4) is 0 Å². The first-order valence-electron chi connectivity index (χ1n) is 7.70. The lowest BCUT2D eigenvalue weighted by Crippen LogP contribution is -2.48. The van der Waals surface area contributed by atoms with Crippen molar-refractivity contribution in [2.45, 2.75) is 19.8 Å². The van der Waals surface area contributed by atoms with Crippen LogP contribution in [-0.2, 0) is 0 Å². The number of carbonyl (C=O) groups is 1. The smallest absolute Gasteiger partial charge is 0.322 e. The molecule has 1 aliphatic rings. The standard InChI is InChI=1S/C15H20N6OS/c1-10(2)12-11(13-17-4-3-5-18-13)19-14(23-12)20-15(22)21-8-6-16-7-9-21/h3-5,10,16H,6-9H2,1-2H3,(H,19,20,22). The summed E-state index contributed by atoms with van der Waals surface area (Å²) in [5.41, 5.74) is 0.751. The summed E-state index contributed by atoms with van der Waals surface area (Å²) >= 11 is 1.49. The molecule has 0 saturated carbocycles. The molecule has 0 spiro atoms. The normalized spacial score (nSPS) is 15.0. The summed E-state index contributed by atoms with van der Waals surface area (Å²) < 4.78 is 0. The zero-order valence-electron chi connectivity index (χ0n) is 13.2. The third-order valence-electron chi connectivity index (χ3n) is 3.57. The monoisotopic (exact) mass is 332 g/mol. The lowest BCUT2D eigenvalue weighted by atomic mass is 10.1. The number of nitrogens with one attached hydrogen (secondary N) is 2. The first kappa shape index (κ1) is 15.8. The fraction of sp³-hybridized carbons (Fsp3) is 0.467. The van der Waals surface area contributed by atoms with Crippen LogP contribution in [0, 0.1) is 0 Å².